The zero-order valence-corrected chi connectivity index (χ0v) is 12.5. The van der Waals surface area contributed by atoms with E-state index in [1.165, 1.54) is 12.1 Å². The summed E-state index contributed by atoms with van der Waals surface area (Å²) in [7, 11) is 1.78. The number of hydrogen-bond donors (Lipinski definition) is 1. The molecule has 1 aromatic carbocycles. The Morgan fingerprint density at radius 1 is 1.14 bits per heavy atom. The van der Waals surface area contributed by atoms with E-state index in [1.54, 1.807) is 24.6 Å². The van der Waals surface area contributed by atoms with Crippen molar-refractivity contribution in [2.24, 2.45) is 7.05 Å². The molecule has 0 saturated carbocycles. The number of amides is 1. The molecule has 0 unspecified atom stereocenters. The minimum atomic E-state index is -4.36. The van der Waals surface area contributed by atoms with Crippen molar-refractivity contribution in [2.75, 3.05) is 0 Å². The molecule has 0 fully saturated rings. The number of nitrogens with zero attached hydrogens (tertiary/aromatic N) is 1. The first-order valence-corrected chi connectivity index (χ1v) is 6.80. The first kappa shape index (κ1) is 16.1. The molecule has 0 aliphatic carbocycles. The molecule has 1 amide bonds. The minimum absolute atomic E-state index is 0.261. The Morgan fingerprint density at radius 3 is 2.18 bits per heavy atom. The molecule has 0 aliphatic heterocycles. The zero-order chi connectivity index (χ0) is 16.5. The highest BCUT2D eigenvalue weighted by atomic mass is 19.4. The third-order valence-electron chi connectivity index (χ3n) is 3.69. The molecule has 0 aliphatic rings. The second kappa shape index (κ2) is 5.87. The molecular formula is C16H17F3N2O. The van der Waals surface area contributed by atoms with Crippen LogP contribution in [0.4, 0.5) is 13.2 Å². The Labute approximate surface area is 126 Å². The van der Waals surface area contributed by atoms with E-state index in [2.05, 4.69) is 5.32 Å². The van der Waals surface area contributed by atoms with Gasteiger partial charge in [0.25, 0.3) is 5.91 Å². The van der Waals surface area contributed by atoms with E-state index in [9.17, 15) is 18.0 Å². The fourth-order valence-electron chi connectivity index (χ4n) is 2.16. The van der Waals surface area contributed by atoms with Gasteiger partial charge in [0, 0.05) is 12.7 Å². The van der Waals surface area contributed by atoms with Crippen LogP contribution in [0.2, 0.25) is 0 Å². The molecule has 2 rings (SSSR count). The first-order chi connectivity index (χ1) is 10.2. The van der Waals surface area contributed by atoms with Gasteiger partial charge in [0.05, 0.1) is 11.6 Å². The van der Waals surface area contributed by atoms with Gasteiger partial charge < -0.3 is 9.88 Å². The molecule has 0 spiro atoms. The highest BCUT2D eigenvalue weighted by Crippen LogP contribution is 2.29. The van der Waals surface area contributed by atoms with Crippen LogP contribution >= 0.6 is 0 Å². The maximum Gasteiger partial charge on any atom is 0.416 e. The third-order valence-corrected chi connectivity index (χ3v) is 3.69. The average molecular weight is 310 g/mol. The fourth-order valence-corrected chi connectivity index (χ4v) is 2.16. The smallest absolute Gasteiger partial charge is 0.344 e. The molecule has 1 atom stereocenters. The molecule has 1 heterocycles. The fraction of sp³-hybridized carbons (Fsp3) is 0.312. The minimum Gasteiger partial charge on any atom is -0.344 e. The molecule has 2 aromatic rings. The van der Waals surface area contributed by atoms with E-state index in [-0.39, 0.29) is 11.9 Å². The van der Waals surface area contributed by atoms with Crippen molar-refractivity contribution in [2.45, 2.75) is 26.1 Å². The lowest BCUT2D eigenvalue weighted by atomic mass is 10.1. The third kappa shape index (κ3) is 3.32. The lowest BCUT2D eigenvalue weighted by Crippen LogP contribution is -2.28. The van der Waals surface area contributed by atoms with Crippen LogP contribution in [0.5, 0.6) is 0 Å². The topological polar surface area (TPSA) is 34.0 Å². The molecule has 6 heteroatoms. The van der Waals surface area contributed by atoms with Crippen LogP contribution in [-0.4, -0.2) is 10.5 Å². The van der Waals surface area contributed by atoms with Gasteiger partial charge in [-0.15, -0.1) is 0 Å². The second-order valence-electron chi connectivity index (χ2n) is 5.23. The van der Waals surface area contributed by atoms with Gasteiger partial charge >= 0.3 is 6.18 Å². The molecule has 1 aromatic heterocycles. The molecule has 0 saturated heterocycles. The van der Waals surface area contributed by atoms with Gasteiger partial charge in [-0.25, -0.2) is 0 Å². The summed E-state index contributed by atoms with van der Waals surface area (Å²) in [5, 5.41) is 2.78. The Kier molecular flexibility index (Phi) is 4.30. The van der Waals surface area contributed by atoms with Crippen LogP contribution < -0.4 is 5.32 Å². The van der Waals surface area contributed by atoms with Gasteiger partial charge in [0.15, 0.2) is 0 Å². The van der Waals surface area contributed by atoms with Crippen molar-refractivity contribution < 1.29 is 18.0 Å². The molecular weight excluding hydrogens is 293 g/mol. The van der Waals surface area contributed by atoms with Crippen LogP contribution in [0, 0.1) is 6.92 Å². The zero-order valence-electron chi connectivity index (χ0n) is 12.5. The van der Waals surface area contributed by atoms with E-state index < -0.39 is 11.7 Å². The summed E-state index contributed by atoms with van der Waals surface area (Å²) in [4.78, 5) is 12.2. The van der Waals surface area contributed by atoms with Gasteiger partial charge in [0.1, 0.15) is 5.69 Å². The summed E-state index contributed by atoms with van der Waals surface area (Å²) in [5.74, 6) is -0.261. The Morgan fingerprint density at radius 2 is 1.73 bits per heavy atom. The van der Waals surface area contributed by atoms with E-state index in [4.69, 9.17) is 0 Å². The normalized spacial score (nSPS) is 13.0. The number of halogens is 3. The van der Waals surface area contributed by atoms with Crippen molar-refractivity contribution in [3.8, 4) is 0 Å². The summed E-state index contributed by atoms with van der Waals surface area (Å²) in [5.41, 5.74) is 1.38. The summed E-state index contributed by atoms with van der Waals surface area (Å²) in [6.45, 7) is 3.62. The van der Waals surface area contributed by atoms with Crippen molar-refractivity contribution in [3.05, 3.63) is 58.9 Å². The number of nitrogens with one attached hydrogen (secondary N) is 1. The number of aromatic nitrogens is 1. The molecule has 1 N–H and O–H groups in total. The molecule has 0 bridgehead atoms. The van der Waals surface area contributed by atoms with Crippen LogP contribution in [-0.2, 0) is 13.2 Å². The number of alkyl halides is 3. The SMILES string of the molecule is Cc1ccc(C(=O)N[C@@H](C)c2ccc(C(F)(F)F)cc2)n1C. The van der Waals surface area contributed by atoms with Crippen LogP contribution in [0.1, 0.15) is 40.3 Å². The molecule has 118 valence electrons. The largest absolute Gasteiger partial charge is 0.416 e. The number of rotatable bonds is 3. The number of benzene rings is 1. The van der Waals surface area contributed by atoms with Crippen molar-refractivity contribution in [1.82, 2.24) is 9.88 Å². The monoisotopic (exact) mass is 310 g/mol. The summed E-state index contributed by atoms with van der Waals surface area (Å²) in [6, 6.07) is 7.95. The predicted octanol–water partition coefficient (Wildman–Crippen LogP) is 3.84. The maximum absolute atomic E-state index is 12.5. The quantitative estimate of drug-likeness (QED) is 0.918. The van der Waals surface area contributed by atoms with Crippen LogP contribution in [0.15, 0.2) is 36.4 Å². The van der Waals surface area contributed by atoms with Gasteiger partial charge in [-0.05, 0) is 43.7 Å². The van der Waals surface area contributed by atoms with Gasteiger partial charge in [-0.3, -0.25) is 4.79 Å². The lowest BCUT2D eigenvalue weighted by molar-refractivity contribution is -0.137. The van der Waals surface area contributed by atoms with E-state index >= 15 is 0 Å². The van der Waals surface area contributed by atoms with E-state index in [0.29, 0.717) is 11.3 Å². The van der Waals surface area contributed by atoms with Crippen LogP contribution in [0.25, 0.3) is 0 Å². The number of carbonyl (C=O) groups excluding carboxylic acids is 1. The lowest BCUT2D eigenvalue weighted by Gasteiger charge is -2.16. The van der Waals surface area contributed by atoms with Gasteiger partial charge in [-0.1, -0.05) is 12.1 Å². The Bertz CT molecular complexity index is 672. The summed E-state index contributed by atoms with van der Waals surface area (Å²) < 4.78 is 39.3. The van der Waals surface area contributed by atoms with Crippen LogP contribution in [0.3, 0.4) is 0 Å². The maximum atomic E-state index is 12.5. The van der Waals surface area contributed by atoms with E-state index in [0.717, 1.165) is 17.8 Å². The van der Waals surface area contributed by atoms with Gasteiger partial charge in [-0.2, -0.15) is 13.2 Å². The first-order valence-electron chi connectivity index (χ1n) is 6.80. The predicted molar refractivity (Wildman–Crippen MR) is 77.5 cm³/mol. The van der Waals surface area contributed by atoms with Gasteiger partial charge in [0.2, 0.25) is 0 Å². The van der Waals surface area contributed by atoms with Crippen molar-refractivity contribution >= 4 is 5.91 Å². The standard InChI is InChI=1S/C16H17F3N2O/c1-10-4-9-14(21(10)3)15(22)20-11(2)12-5-7-13(8-6-12)16(17,18)19/h4-9,11H,1-3H3,(H,20,22)/t11-/m0/s1. The Hall–Kier alpha value is -2.24. The van der Waals surface area contributed by atoms with E-state index in [1.807, 2.05) is 13.0 Å². The van der Waals surface area contributed by atoms with Crippen molar-refractivity contribution in [3.63, 3.8) is 0 Å². The summed E-state index contributed by atoms with van der Waals surface area (Å²) in [6.07, 6.45) is -4.36. The summed E-state index contributed by atoms with van der Waals surface area (Å²) >= 11 is 0. The Balaban J connectivity index is 2.10. The number of hydrogen-bond acceptors (Lipinski definition) is 1. The number of aryl methyl sites for hydroxylation is 1. The number of carbonyl (C=O) groups is 1. The highest BCUT2D eigenvalue weighted by molar-refractivity contribution is 5.93. The van der Waals surface area contributed by atoms with Crippen molar-refractivity contribution in [1.29, 1.82) is 0 Å². The highest BCUT2D eigenvalue weighted by Gasteiger charge is 2.30. The molecule has 22 heavy (non-hydrogen) atoms. The second-order valence-corrected chi connectivity index (χ2v) is 5.23. The molecule has 0 radical (unpaired) electrons. The average Bonchev–Trinajstić information content (AvgIpc) is 2.78. The molecule has 3 nitrogen and oxygen atoms in total.